The highest BCUT2D eigenvalue weighted by molar-refractivity contribution is 6.35. The number of hydrogen-bond acceptors (Lipinski definition) is 5. The molecule has 0 bridgehead atoms. The topological polar surface area (TPSA) is 92.9 Å². The molecular formula is C23H19Cl2N5O2. The van der Waals surface area contributed by atoms with Crippen molar-refractivity contribution < 1.29 is 9.90 Å². The molecule has 1 amide bonds. The van der Waals surface area contributed by atoms with Gasteiger partial charge in [0.25, 0.3) is 0 Å². The zero-order chi connectivity index (χ0) is 22.6. The first-order valence-electron chi connectivity index (χ1n) is 9.75. The van der Waals surface area contributed by atoms with E-state index in [1.165, 1.54) is 29.5 Å². The highest BCUT2D eigenvalue weighted by Crippen LogP contribution is 2.31. The molecule has 0 aliphatic rings. The number of rotatable bonds is 7. The number of pyridine rings is 1. The van der Waals surface area contributed by atoms with Gasteiger partial charge in [0.1, 0.15) is 18.3 Å². The predicted octanol–water partition coefficient (Wildman–Crippen LogP) is 3.85. The van der Waals surface area contributed by atoms with Crippen LogP contribution in [0.3, 0.4) is 0 Å². The number of hydrogen-bond donors (Lipinski definition) is 2. The quantitative estimate of drug-likeness (QED) is 0.402. The Morgan fingerprint density at radius 1 is 1.16 bits per heavy atom. The fourth-order valence-corrected chi connectivity index (χ4v) is 3.90. The Bertz CT molecular complexity index is 1280. The number of carbonyl (C=O) groups excluding carboxylic acids is 1. The van der Waals surface area contributed by atoms with Gasteiger partial charge in [0, 0.05) is 27.1 Å². The average molecular weight is 468 g/mol. The van der Waals surface area contributed by atoms with Crippen molar-refractivity contribution in [2.75, 3.05) is 6.54 Å². The SMILES string of the molecule is O=C(/C=C/c1ccc2ccccc2n1)NCC(O)(Cn1cncn1)c1ccc(Cl)cc1Cl. The molecule has 0 saturated heterocycles. The zero-order valence-corrected chi connectivity index (χ0v) is 18.3. The van der Waals surface area contributed by atoms with Crippen molar-refractivity contribution in [1.29, 1.82) is 0 Å². The molecule has 2 aromatic heterocycles. The van der Waals surface area contributed by atoms with Crippen molar-refractivity contribution in [3.05, 3.63) is 94.6 Å². The summed E-state index contributed by atoms with van der Waals surface area (Å²) in [7, 11) is 0. The Hall–Kier alpha value is -3.26. The summed E-state index contributed by atoms with van der Waals surface area (Å²) in [5, 5.41) is 19.9. The van der Waals surface area contributed by atoms with Crippen LogP contribution in [0, 0.1) is 0 Å². The summed E-state index contributed by atoms with van der Waals surface area (Å²) in [5.41, 5.74) is 0.367. The number of aromatic nitrogens is 4. The first-order valence-corrected chi connectivity index (χ1v) is 10.5. The van der Waals surface area contributed by atoms with E-state index in [0.29, 0.717) is 16.3 Å². The number of amides is 1. The van der Waals surface area contributed by atoms with Gasteiger partial charge in [0.15, 0.2) is 0 Å². The van der Waals surface area contributed by atoms with Crippen LogP contribution >= 0.6 is 23.2 Å². The largest absolute Gasteiger partial charge is 0.381 e. The lowest BCUT2D eigenvalue weighted by molar-refractivity contribution is -0.118. The Morgan fingerprint density at radius 3 is 2.78 bits per heavy atom. The van der Waals surface area contributed by atoms with Gasteiger partial charge in [-0.3, -0.25) is 4.79 Å². The maximum atomic E-state index is 12.5. The number of nitrogens with zero attached hydrogens (tertiary/aromatic N) is 4. The maximum Gasteiger partial charge on any atom is 0.244 e. The van der Waals surface area contributed by atoms with Gasteiger partial charge in [-0.05, 0) is 30.3 Å². The van der Waals surface area contributed by atoms with E-state index in [-0.39, 0.29) is 24.0 Å². The molecule has 0 saturated carbocycles. The van der Waals surface area contributed by atoms with Crippen molar-refractivity contribution in [3.63, 3.8) is 0 Å². The second kappa shape index (κ2) is 9.48. The Balaban J connectivity index is 1.50. The number of para-hydroxylation sites is 1. The minimum atomic E-state index is -1.54. The predicted molar refractivity (Wildman–Crippen MR) is 124 cm³/mol. The van der Waals surface area contributed by atoms with E-state index in [9.17, 15) is 9.90 Å². The van der Waals surface area contributed by atoms with E-state index in [1.807, 2.05) is 36.4 Å². The zero-order valence-electron chi connectivity index (χ0n) is 16.8. The van der Waals surface area contributed by atoms with Gasteiger partial charge in [-0.2, -0.15) is 5.10 Å². The van der Waals surface area contributed by atoms with Gasteiger partial charge in [0.2, 0.25) is 5.91 Å². The lowest BCUT2D eigenvalue weighted by atomic mass is 9.93. The molecule has 1 atom stereocenters. The fourth-order valence-electron chi connectivity index (χ4n) is 3.31. The summed E-state index contributed by atoms with van der Waals surface area (Å²) in [6, 6.07) is 16.3. The molecule has 4 rings (SSSR count). The molecule has 7 nitrogen and oxygen atoms in total. The lowest BCUT2D eigenvalue weighted by Crippen LogP contribution is -2.43. The molecule has 0 fully saturated rings. The van der Waals surface area contributed by atoms with E-state index >= 15 is 0 Å². The van der Waals surface area contributed by atoms with Crippen LogP contribution in [0.1, 0.15) is 11.3 Å². The van der Waals surface area contributed by atoms with E-state index < -0.39 is 5.60 Å². The van der Waals surface area contributed by atoms with E-state index in [4.69, 9.17) is 23.2 Å². The molecule has 0 radical (unpaired) electrons. The van der Waals surface area contributed by atoms with Crippen LogP contribution in [0.5, 0.6) is 0 Å². The van der Waals surface area contributed by atoms with Gasteiger partial charge in [-0.1, -0.05) is 53.5 Å². The molecule has 1 unspecified atom stereocenters. The van der Waals surface area contributed by atoms with Gasteiger partial charge in [-0.15, -0.1) is 0 Å². The maximum absolute atomic E-state index is 12.5. The number of carbonyl (C=O) groups is 1. The third-order valence-electron chi connectivity index (χ3n) is 4.90. The van der Waals surface area contributed by atoms with Crippen molar-refractivity contribution >= 4 is 46.1 Å². The van der Waals surface area contributed by atoms with Crippen LogP contribution in [-0.4, -0.2) is 37.3 Å². The number of nitrogens with one attached hydrogen (secondary N) is 1. The fraction of sp³-hybridized carbons (Fsp3) is 0.130. The number of halogens is 2. The van der Waals surface area contributed by atoms with Gasteiger partial charge in [-0.25, -0.2) is 14.6 Å². The van der Waals surface area contributed by atoms with Gasteiger partial charge >= 0.3 is 0 Å². The second-order valence-corrected chi connectivity index (χ2v) is 8.07. The van der Waals surface area contributed by atoms with Crippen molar-refractivity contribution in [2.45, 2.75) is 12.1 Å². The molecule has 2 heterocycles. The van der Waals surface area contributed by atoms with Crippen LogP contribution < -0.4 is 5.32 Å². The Kier molecular flexibility index (Phi) is 6.50. The molecule has 32 heavy (non-hydrogen) atoms. The average Bonchev–Trinajstić information content (AvgIpc) is 3.28. The normalized spacial score (nSPS) is 13.3. The van der Waals surface area contributed by atoms with Gasteiger partial charge in [0.05, 0.1) is 24.3 Å². The monoisotopic (exact) mass is 467 g/mol. The Morgan fingerprint density at radius 2 is 2.00 bits per heavy atom. The summed E-state index contributed by atoms with van der Waals surface area (Å²) in [6.07, 6.45) is 5.83. The van der Waals surface area contributed by atoms with Crippen molar-refractivity contribution in [2.24, 2.45) is 0 Å². The highest BCUT2D eigenvalue weighted by atomic mass is 35.5. The third kappa shape index (κ3) is 5.13. The molecule has 9 heteroatoms. The van der Waals surface area contributed by atoms with Crippen LogP contribution in [-0.2, 0) is 16.9 Å². The van der Waals surface area contributed by atoms with Crippen LogP contribution in [0.15, 0.2) is 73.3 Å². The number of aliphatic hydroxyl groups is 1. The summed E-state index contributed by atoms with van der Waals surface area (Å²) in [6.45, 7) is -0.0763. The van der Waals surface area contributed by atoms with E-state index in [1.54, 1.807) is 18.2 Å². The van der Waals surface area contributed by atoms with E-state index in [0.717, 1.165) is 10.9 Å². The first-order chi connectivity index (χ1) is 15.4. The van der Waals surface area contributed by atoms with E-state index in [2.05, 4.69) is 20.4 Å². The highest BCUT2D eigenvalue weighted by Gasteiger charge is 2.33. The van der Waals surface area contributed by atoms with Crippen molar-refractivity contribution in [1.82, 2.24) is 25.1 Å². The molecule has 4 aromatic rings. The minimum absolute atomic E-state index is 0.0323. The van der Waals surface area contributed by atoms with Crippen molar-refractivity contribution in [3.8, 4) is 0 Å². The molecular weight excluding hydrogens is 449 g/mol. The molecule has 0 aliphatic heterocycles. The minimum Gasteiger partial charge on any atom is -0.381 e. The summed E-state index contributed by atoms with van der Waals surface area (Å²) in [5.74, 6) is -0.387. The molecule has 2 aromatic carbocycles. The molecule has 2 N–H and O–H groups in total. The standard InChI is InChI=1S/C23H19Cl2N5O2/c24-17-6-9-19(20(25)11-17)23(32,13-30-15-26-14-28-30)12-27-22(31)10-8-18-7-5-16-3-1-2-4-21(16)29-18/h1-11,14-15,32H,12-13H2,(H,27,31)/b10-8+. The molecule has 0 spiro atoms. The summed E-state index contributed by atoms with van der Waals surface area (Å²) in [4.78, 5) is 20.9. The smallest absolute Gasteiger partial charge is 0.244 e. The van der Waals surface area contributed by atoms with Gasteiger partial charge < -0.3 is 10.4 Å². The number of benzene rings is 2. The molecule has 0 aliphatic carbocycles. The second-order valence-electron chi connectivity index (χ2n) is 7.23. The summed E-state index contributed by atoms with van der Waals surface area (Å²) < 4.78 is 1.46. The van der Waals surface area contributed by atoms with Crippen LogP contribution in [0.25, 0.3) is 17.0 Å². The van der Waals surface area contributed by atoms with Crippen LogP contribution in [0.2, 0.25) is 10.0 Å². The number of fused-ring (bicyclic) bond motifs is 1. The lowest BCUT2D eigenvalue weighted by Gasteiger charge is -2.29. The third-order valence-corrected chi connectivity index (χ3v) is 5.45. The van der Waals surface area contributed by atoms with Crippen LogP contribution in [0.4, 0.5) is 0 Å². The first kappa shape index (κ1) is 22.0. The summed E-state index contributed by atoms with van der Waals surface area (Å²) >= 11 is 12.3. The molecule has 162 valence electrons. The Labute approximate surface area is 194 Å².